The first-order valence-corrected chi connectivity index (χ1v) is 15.3. The number of methoxy groups -OCH3 is 1. The molecular weight excluding hydrogens is 482 g/mol. The first-order chi connectivity index (χ1) is 18.9. The molecule has 1 N–H and O–H groups in total. The Balaban J connectivity index is 1.57. The van der Waals surface area contributed by atoms with Gasteiger partial charge in [0, 0.05) is 24.8 Å². The Morgan fingerprint density at radius 3 is 2.36 bits per heavy atom. The van der Waals surface area contributed by atoms with Crippen molar-refractivity contribution in [2.45, 2.75) is 79.3 Å². The molecule has 0 aliphatic carbocycles. The van der Waals surface area contributed by atoms with Crippen molar-refractivity contribution in [1.82, 2.24) is 19.4 Å². The van der Waals surface area contributed by atoms with Gasteiger partial charge in [0.25, 0.3) is 0 Å². The number of nitrogens with zero attached hydrogens (tertiary/aromatic N) is 4. The minimum atomic E-state index is 0.723. The summed E-state index contributed by atoms with van der Waals surface area (Å²) in [5.74, 6) is 3.20. The van der Waals surface area contributed by atoms with E-state index in [4.69, 9.17) is 9.72 Å². The van der Waals surface area contributed by atoms with Crippen molar-refractivity contribution in [2.24, 2.45) is 11.8 Å². The van der Waals surface area contributed by atoms with Crippen molar-refractivity contribution >= 4 is 22.7 Å². The molecule has 0 amide bonds. The third-order valence-corrected chi connectivity index (χ3v) is 7.89. The maximum Gasteiger partial charge on any atom is 0.208 e. The largest absolute Gasteiger partial charge is 0.497 e. The topological polar surface area (TPSA) is 45.6 Å². The van der Waals surface area contributed by atoms with Crippen molar-refractivity contribution in [2.75, 3.05) is 45.2 Å². The molecule has 1 saturated heterocycles. The Morgan fingerprint density at radius 1 is 0.923 bits per heavy atom. The second kappa shape index (κ2) is 14.7. The van der Waals surface area contributed by atoms with Crippen LogP contribution in [0.3, 0.4) is 0 Å². The van der Waals surface area contributed by atoms with Gasteiger partial charge in [-0.3, -0.25) is 4.90 Å². The molecule has 0 spiro atoms. The van der Waals surface area contributed by atoms with Crippen molar-refractivity contribution in [1.29, 1.82) is 0 Å². The summed E-state index contributed by atoms with van der Waals surface area (Å²) in [4.78, 5) is 10.3. The lowest BCUT2D eigenvalue weighted by molar-refractivity contribution is 0.223. The number of ether oxygens (including phenoxy) is 1. The number of aryl methyl sites for hydroxylation is 1. The number of rotatable bonds is 15. The molecule has 6 heteroatoms. The lowest BCUT2D eigenvalue weighted by Gasteiger charge is -2.26. The zero-order valence-electron chi connectivity index (χ0n) is 25.1. The molecular formula is C33H51N5O. The van der Waals surface area contributed by atoms with Crippen molar-refractivity contribution in [3.8, 4) is 5.75 Å². The summed E-state index contributed by atoms with van der Waals surface area (Å²) < 4.78 is 7.86. The lowest BCUT2D eigenvalue weighted by atomic mass is 10.1. The fourth-order valence-electron chi connectivity index (χ4n) is 5.46. The molecule has 0 radical (unpaired) electrons. The number of anilines is 2. The van der Waals surface area contributed by atoms with E-state index >= 15 is 0 Å². The van der Waals surface area contributed by atoms with Crippen LogP contribution in [0.1, 0.15) is 71.8 Å². The highest BCUT2D eigenvalue weighted by molar-refractivity contribution is 5.80. The van der Waals surface area contributed by atoms with Crippen molar-refractivity contribution in [3.63, 3.8) is 0 Å². The second-order valence-corrected chi connectivity index (χ2v) is 12.2. The minimum absolute atomic E-state index is 0.723. The fourth-order valence-corrected chi connectivity index (χ4v) is 5.46. The number of benzene rings is 2. The summed E-state index contributed by atoms with van der Waals surface area (Å²) in [6.45, 7) is 17.2. The molecule has 0 atom stereocenters. The lowest BCUT2D eigenvalue weighted by Crippen LogP contribution is -2.31. The van der Waals surface area contributed by atoms with Gasteiger partial charge < -0.3 is 19.5 Å². The van der Waals surface area contributed by atoms with Gasteiger partial charge in [-0.2, -0.15) is 0 Å². The van der Waals surface area contributed by atoms with Gasteiger partial charge in [-0.25, -0.2) is 4.98 Å². The number of piperidine rings is 1. The molecule has 0 saturated carbocycles. The first kappa shape index (κ1) is 29.4. The van der Waals surface area contributed by atoms with Crippen LogP contribution in [0.5, 0.6) is 5.75 Å². The Kier molecular flexibility index (Phi) is 11.1. The van der Waals surface area contributed by atoms with Crippen LogP contribution in [0.15, 0.2) is 42.5 Å². The highest BCUT2D eigenvalue weighted by atomic mass is 16.5. The summed E-state index contributed by atoms with van der Waals surface area (Å²) in [5.41, 5.74) is 4.65. The van der Waals surface area contributed by atoms with Crippen LogP contribution in [0, 0.1) is 11.8 Å². The Labute approximate surface area is 236 Å². The van der Waals surface area contributed by atoms with E-state index in [-0.39, 0.29) is 0 Å². The van der Waals surface area contributed by atoms with E-state index in [0.29, 0.717) is 0 Å². The zero-order chi connectivity index (χ0) is 27.6. The van der Waals surface area contributed by atoms with Gasteiger partial charge in [0.1, 0.15) is 5.75 Å². The van der Waals surface area contributed by atoms with Crippen LogP contribution < -0.4 is 10.1 Å². The molecule has 4 rings (SSSR count). The highest BCUT2D eigenvalue weighted by Gasteiger charge is 2.16. The zero-order valence-corrected chi connectivity index (χ0v) is 25.1. The number of aromatic nitrogens is 2. The minimum Gasteiger partial charge on any atom is -0.497 e. The molecule has 1 aliphatic rings. The van der Waals surface area contributed by atoms with Gasteiger partial charge in [0.2, 0.25) is 5.95 Å². The predicted molar refractivity (Wildman–Crippen MR) is 165 cm³/mol. The molecule has 0 unspecified atom stereocenters. The molecule has 39 heavy (non-hydrogen) atoms. The molecule has 214 valence electrons. The summed E-state index contributed by atoms with van der Waals surface area (Å²) in [5, 5.41) is 3.60. The third kappa shape index (κ3) is 8.97. The number of hydrogen-bond donors (Lipinski definition) is 1. The number of nitrogens with one attached hydrogen (secondary N) is 1. The second-order valence-electron chi connectivity index (χ2n) is 12.2. The van der Waals surface area contributed by atoms with E-state index in [1.54, 1.807) is 7.11 Å². The Morgan fingerprint density at radius 2 is 1.67 bits per heavy atom. The molecule has 6 nitrogen and oxygen atoms in total. The molecule has 1 fully saturated rings. The average Bonchev–Trinajstić information content (AvgIpc) is 3.26. The normalized spacial score (nSPS) is 14.7. The summed E-state index contributed by atoms with van der Waals surface area (Å²) >= 11 is 0. The Hall–Kier alpha value is -2.57. The van der Waals surface area contributed by atoms with E-state index in [1.807, 2.05) is 18.2 Å². The van der Waals surface area contributed by atoms with E-state index < -0.39 is 0 Å². The van der Waals surface area contributed by atoms with Crippen molar-refractivity contribution in [3.05, 3.63) is 48.0 Å². The summed E-state index contributed by atoms with van der Waals surface area (Å²) in [6, 6.07) is 15.0. The van der Waals surface area contributed by atoms with Gasteiger partial charge in [-0.05, 0) is 106 Å². The average molecular weight is 534 g/mol. The van der Waals surface area contributed by atoms with Gasteiger partial charge in [-0.15, -0.1) is 0 Å². The number of likely N-dealkylation sites (tertiary alicyclic amines) is 1. The quantitative estimate of drug-likeness (QED) is 0.218. The highest BCUT2D eigenvalue weighted by Crippen LogP contribution is 2.27. The number of fused-ring (bicyclic) bond motifs is 1. The van der Waals surface area contributed by atoms with E-state index in [1.165, 1.54) is 56.3 Å². The van der Waals surface area contributed by atoms with Crippen LogP contribution in [-0.4, -0.2) is 59.2 Å². The van der Waals surface area contributed by atoms with Gasteiger partial charge in [0.15, 0.2) is 0 Å². The molecule has 1 aliphatic heterocycles. The van der Waals surface area contributed by atoms with Gasteiger partial charge in [0.05, 0.1) is 18.1 Å². The van der Waals surface area contributed by atoms with E-state index in [0.717, 1.165) is 73.9 Å². The first-order valence-electron chi connectivity index (χ1n) is 15.3. The Bertz CT molecular complexity index is 1140. The molecule has 0 bridgehead atoms. The van der Waals surface area contributed by atoms with Crippen LogP contribution in [0.25, 0.3) is 11.0 Å². The van der Waals surface area contributed by atoms with Crippen LogP contribution in [0.2, 0.25) is 0 Å². The van der Waals surface area contributed by atoms with Gasteiger partial charge in [-0.1, -0.05) is 46.2 Å². The van der Waals surface area contributed by atoms with Crippen LogP contribution in [0.4, 0.5) is 11.6 Å². The maximum atomic E-state index is 5.46. The smallest absolute Gasteiger partial charge is 0.208 e. The molecule has 2 aromatic carbocycles. The third-order valence-electron chi connectivity index (χ3n) is 7.89. The van der Waals surface area contributed by atoms with Crippen LogP contribution in [-0.2, 0) is 13.1 Å². The molecule has 2 heterocycles. The summed E-state index contributed by atoms with van der Waals surface area (Å²) in [6.07, 6.45) is 7.66. The summed E-state index contributed by atoms with van der Waals surface area (Å²) in [7, 11) is 1.71. The van der Waals surface area contributed by atoms with E-state index in [9.17, 15) is 0 Å². The van der Waals surface area contributed by atoms with E-state index in [2.05, 4.69) is 71.6 Å². The monoisotopic (exact) mass is 533 g/mol. The predicted octanol–water partition coefficient (Wildman–Crippen LogP) is 7.56. The van der Waals surface area contributed by atoms with Gasteiger partial charge >= 0.3 is 0 Å². The maximum absolute atomic E-state index is 5.46. The standard InChI is InChI=1S/C33H51N5O/c1-26(2)15-21-37(22-16-27(3)4)25-28-13-14-31-32(23-28)38(20-10-19-36-17-7-6-8-18-36)33(35-31)34-29-11-9-12-30(24-29)39-5/h9,11-14,23-24,26-27H,6-8,10,15-22,25H2,1-5H3,(H,34,35). The number of imidazole rings is 1. The molecule has 1 aromatic heterocycles. The number of hydrogen-bond acceptors (Lipinski definition) is 5. The van der Waals surface area contributed by atoms with Crippen molar-refractivity contribution < 1.29 is 4.74 Å². The van der Waals surface area contributed by atoms with Crippen LogP contribution >= 0.6 is 0 Å². The fraction of sp³-hybridized carbons (Fsp3) is 0.606. The SMILES string of the molecule is COc1cccc(Nc2nc3ccc(CN(CCC(C)C)CCC(C)C)cc3n2CCCN2CCCCC2)c1. The molecule has 3 aromatic rings.